The van der Waals surface area contributed by atoms with Crippen LogP contribution in [-0.4, -0.2) is 38.5 Å². The molecule has 1 saturated heterocycles. The lowest BCUT2D eigenvalue weighted by Crippen LogP contribution is -2.34. The second-order valence-corrected chi connectivity index (χ2v) is 5.82. The lowest BCUT2D eigenvalue weighted by Gasteiger charge is -2.14. The number of hydrogen-bond acceptors (Lipinski definition) is 4. The van der Waals surface area contributed by atoms with Crippen LogP contribution in [0.15, 0.2) is 17.2 Å². The fourth-order valence-corrected chi connectivity index (χ4v) is 2.99. The molecule has 96 valence electrons. The van der Waals surface area contributed by atoms with Gasteiger partial charge in [-0.3, -0.25) is 14.2 Å². The van der Waals surface area contributed by atoms with Gasteiger partial charge in [0.15, 0.2) is 0 Å². The molecule has 1 aliphatic carbocycles. The van der Waals surface area contributed by atoms with Crippen molar-refractivity contribution in [2.75, 3.05) is 18.2 Å². The highest BCUT2D eigenvalue weighted by molar-refractivity contribution is 7.99. The Hall–Kier alpha value is -1.30. The third-order valence-electron chi connectivity index (χ3n) is 3.31. The maximum atomic E-state index is 11.9. The van der Waals surface area contributed by atoms with Crippen LogP contribution >= 0.6 is 11.8 Å². The lowest BCUT2D eigenvalue weighted by molar-refractivity contribution is -0.130. The smallest absolute Gasteiger partial charge is 0.254 e. The first-order chi connectivity index (χ1) is 8.74. The molecule has 0 radical (unpaired) electrons. The number of carbonyl (C=O) groups is 1. The van der Waals surface area contributed by atoms with Crippen LogP contribution < -0.4 is 5.56 Å². The van der Waals surface area contributed by atoms with Crippen molar-refractivity contribution < 1.29 is 4.79 Å². The summed E-state index contributed by atoms with van der Waals surface area (Å²) in [5, 5.41) is 0. The van der Waals surface area contributed by atoms with Gasteiger partial charge in [-0.1, -0.05) is 0 Å². The summed E-state index contributed by atoms with van der Waals surface area (Å²) in [5.41, 5.74) is 0.757. The molecule has 5 nitrogen and oxygen atoms in total. The highest BCUT2D eigenvalue weighted by Gasteiger charge is 2.25. The van der Waals surface area contributed by atoms with Crippen molar-refractivity contribution in [2.45, 2.75) is 25.3 Å². The molecule has 6 heteroatoms. The average Bonchev–Trinajstić information content (AvgIpc) is 3.06. The molecule has 2 fully saturated rings. The average molecular weight is 265 g/mol. The van der Waals surface area contributed by atoms with E-state index in [2.05, 4.69) is 4.98 Å². The van der Waals surface area contributed by atoms with Crippen molar-refractivity contribution in [2.24, 2.45) is 0 Å². The van der Waals surface area contributed by atoms with Crippen molar-refractivity contribution in [3.05, 3.63) is 28.4 Å². The Morgan fingerprint density at radius 2 is 2.33 bits per heavy atom. The molecule has 0 spiro atoms. The van der Waals surface area contributed by atoms with Crippen LogP contribution in [0.25, 0.3) is 0 Å². The number of nitrogens with zero attached hydrogens (tertiary/aromatic N) is 3. The summed E-state index contributed by atoms with van der Waals surface area (Å²) >= 11 is 1.74. The van der Waals surface area contributed by atoms with Gasteiger partial charge in [0.05, 0.1) is 17.9 Å². The first-order valence-corrected chi connectivity index (χ1v) is 7.31. The molecule has 0 N–H and O–H groups in total. The predicted molar refractivity (Wildman–Crippen MR) is 69.5 cm³/mol. The van der Waals surface area contributed by atoms with E-state index in [4.69, 9.17) is 0 Å². The van der Waals surface area contributed by atoms with Crippen LogP contribution in [0.5, 0.6) is 0 Å². The third-order valence-corrected chi connectivity index (χ3v) is 4.27. The third kappa shape index (κ3) is 2.43. The first kappa shape index (κ1) is 11.8. The van der Waals surface area contributed by atoms with E-state index in [0.717, 1.165) is 36.7 Å². The second kappa shape index (κ2) is 4.76. The van der Waals surface area contributed by atoms with E-state index < -0.39 is 0 Å². The van der Waals surface area contributed by atoms with Crippen LogP contribution in [-0.2, 0) is 11.3 Å². The summed E-state index contributed by atoms with van der Waals surface area (Å²) in [6.07, 6.45) is 3.76. The zero-order chi connectivity index (χ0) is 12.5. The molecule has 1 aliphatic heterocycles. The number of carbonyl (C=O) groups excluding carboxylic acids is 1. The van der Waals surface area contributed by atoms with E-state index in [9.17, 15) is 9.59 Å². The van der Waals surface area contributed by atoms with Crippen molar-refractivity contribution >= 4 is 17.7 Å². The molecule has 1 amide bonds. The molecule has 2 aliphatic rings. The van der Waals surface area contributed by atoms with Crippen LogP contribution in [0.4, 0.5) is 0 Å². The quantitative estimate of drug-likeness (QED) is 0.805. The number of amides is 1. The lowest BCUT2D eigenvalue weighted by atomic mass is 10.3. The Morgan fingerprint density at radius 3 is 2.94 bits per heavy atom. The monoisotopic (exact) mass is 265 g/mol. The molecule has 1 aromatic heterocycles. The minimum atomic E-state index is -0.118. The summed E-state index contributed by atoms with van der Waals surface area (Å²) in [6, 6.07) is 1.57. The maximum absolute atomic E-state index is 11.9. The highest BCUT2D eigenvalue weighted by atomic mass is 32.2. The molecule has 3 rings (SSSR count). The fourth-order valence-electron chi connectivity index (χ4n) is 2.02. The SMILES string of the molecule is O=C(Cn1cnc(C2CC2)cc1=O)N1CCSC1. The van der Waals surface area contributed by atoms with Gasteiger partial charge in [-0.15, -0.1) is 11.8 Å². The number of hydrogen-bond donors (Lipinski definition) is 0. The molecule has 0 aromatic carbocycles. The van der Waals surface area contributed by atoms with Crippen LogP contribution in [0.3, 0.4) is 0 Å². The van der Waals surface area contributed by atoms with Crippen LogP contribution in [0, 0.1) is 0 Å². The second-order valence-electron chi connectivity index (χ2n) is 4.75. The van der Waals surface area contributed by atoms with Gasteiger partial charge in [-0.2, -0.15) is 0 Å². The molecule has 0 atom stereocenters. The molecule has 2 heterocycles. The minimum absolute atomic E-state index is 0.00284. The van der Waals surface area contributed by atoms with E-state index >= 15 is 0 Å². The molecule has 0 bridgehead atoms. The molecular weight excluding hydrogens is 250 g/mol. The van der Waals surface area contributed by atoms with Crippen LogP contribution in [0.2, 0.25) is 0 Å². The largest absolute Gasteiger partial charge is 0.331 e. The van der Waals surface area contributed by atoms with Gasteiger partial charge >= 0.3 is 0 Å². The summed E-state index contributed by atoms with van der Waals surface area (Å²) in [7, 11) is 0. The number of aromatic nitrogens is 2. The molecule has 1 saturated carbocycles. The Balaban J connectivity index is 1.71. The van der Waals surface area contributed by atoms with E-state index in [-0.39, 0.29) is 18.0 Å². The van der Waals surface area contributed by atoms with Gasteiger partial charge in [0, 0.05) is 24.3 Å². The van der Waals surface area contributed by atoms with Gasteiger partial charge < -0.3 is 4.90 Å². The maximum Gasteiger partial charge on any atom is 0.254 e. The predicted octanol–water partition coefficient (Wildman–Crippen LogP) is 0.654. The van der Waals surface area contributed by atoms with Gasteiger partial charge in [0.2, 0.25) is 5.91 Å². The molecule has 0 unspecified atom stereocenters. The molecular formula is C12H15N3O2S. The Labute approximate surface area is 109 Å². The zero-order valence-electron chi connectivity index (χ0n) is 10.0. The number of thioether (sulfide) groups is 1. The van der Waals surface area contributed by atoms with E-state index in [0.29, 0.717) is 5.92 Å². The zero-order valence-corrected chi connectivity index (χ0v) is 10.9. The first-order valence-electron chi connectivity index (χ1n) is 6.16. The van der Waals surface area contributed by atoms with E-state index in [1.54, 1.807) is 22.7 Å². The van der Waals surface area contributed by atoms with Crippen molar-refractivity contribution in [3.63, 3.8) is 0 Å². The van der Waals surface area contributed by atoms with E-state index in [1.165, 1.54) is 10.9 Å². The summed E-state index contributed by atoms with van der Waals surface area (Å²) < 4.78 is 1.40. The fraction of sp³-hybridized carbons (Fsp3) is 0.583. The van der Waals surface area contributed by atoms with Gasteiger partial charge in [0.25, 0.3) is 5.56 Å². The molecule has 1 aromatic rings. The summed E-state index contributed by atoms with van der Waals surface area (Å²) in [6.45, 7) is 0.892. The highest BCUT2D eigenvalue weighted by Crippen LogP contribution is 2.38. The van der Waals surface area contributed by atoms with Crippen molar-refractivity contribution in [3.8, 4) is 0 Å². The van der Waals surface area contributed by atoms with Gasteiger partial charge in [-0.05, 0) is 12.8 Å². The van der Waals surface area contributed by atoms with Crippen LogP contribution in [0.1, 0.15) is 24.5 Å². The van der Waals surface area contributed by atoms with Gasteiger partial charge in [0.1, 0.15) is 6.54 Å². The van der Waals surface area contributed by atoms with E-state index in [1.807, 2.05) is 0 Å². The molecule has 18 heavy (non-hydrogen) atoms. The van der Waals surface area contributed by atoms with Gasteiger partial charge in [-0.25, -0.2) is 4.98 Å². The van der Waals surface area contributed by atoms with Crippen molar-refractivity contribution in [1.29, 1.82) is 0 Å². The normalized spacial score (nSPS) is 19.2. The standard InChI is InChI=1S/C12H15N3O2S/c16-11-5-10(9-1-2-9)13-7-15(11)6-12(17)14-3-4-18-8-14/h5,7,9H,1-4,6,8H2. The topological polar surface area (TPSA) is 55.2 Å². The summed E-state index contributed by atoms with van der Waals surface area (Å²) in [4.78, 5) is 29.8. The van der Waals surface area contributed by atoms with Crippen molar-refractivity contribution in [1.82, 2.24) is 14.5 Å². The Bertz CT molecular complexity index is 518. The Morgan fingerprint density at radius 1 is 1.50 bits per heavy atom. The summed E-state index contributed by atoms with van der Waals surface area (Å²) in [5.74, 6) is 2.20. The number of rotatable bonds is 3. The minimum Gasteiger partial charge on any atom is -0.331 e. The Kier molecular flexibility index (Phi) is 3.11.